The lowest BCUT2D eigenvalue weighted by Crippen LogP contribution is -2.33. The normalized spacial score (nSPS) is 16.6. The lowest BCUT2D eigenvalue weighted by atomic mass is 10.0. The molecule has 3 rings (SSSR count). The lowest BCUT2D eigenvalue weighted by molar-refractivity contribution is -0.117. The van der Waals surface area contributed by atoms with Crippen molar-refractivity contribution >= 4 is 23.2 Å². The van der Waals surface area contributed by atoms with Crippen LogP contribution in [0.25, 0.3) is 0 Å². The zero-order valence-electron chi connectivity index (χ0n) is 16.3. The second kappa shape index (κ2) is 9.17. The van der Waals surface area contributed by atoms with E-state index in [0.717, 1.165) is 36.4 Å². The van der Waals surface area contributed by atoms with Gasteiger partial charge in [-0.15, -0.1) is 0 Å². The molecule has 0 radical (unpaired) electrons. The van der Waals surface area contributed by atoms with Crippen molar-refractivity contribution in [2.24, 2.45) is 0 Å². The number of nitrogens with zero attached hydrogens (tertiary/aromatic N) is 1. The van der Waals surface area contributed by atoms with Crippen molar-refractivity contribution < 1.29 is 19.0 Å². The summed E-state index contributed by atoms with van der Waals surface area (Å²) >= 11 is 6.05. The zero-order chi connectivity index (χ0) is 20.1. The maximum atomic E-state index is 12.7. The van der Waals surface area contributed by atoms with E-state index in [-0.39, 0.29) is 18.5 Å². The Kier molecular flexibility index (Phi) is 6.65. The van der Waals surface area contributed by atoms with Gasteiger partial charge in [0.25, 0.3) is 0 Å². The van der Waals surface area contributed by atoms with Gasteiger partial charge in [-0.3, -0.25) is 9.69 Å². The number of anilines is 1. The Morgan fingerprint density at radius 3 is 2.61 bits per heavy atom. The third kappa shape index (κ3) is 4.51. The number of likely N-dealkylation sites (tertiary alicyclic amines) is 1. The summed E-state index contributed by atoms with van der Waals surface area (Å²) in [6.45, 7) is 1.12. The first kappa shape index (κ1) is 20.3. The van der Waals surface area contributed by atoms with E-state index >= 15 is 0 Å². The van der Waals surface area contributed by atoms with Gasteiger partial charge in [0.1, 0.15) is 17.2 Å². The summed E-state index contributed by atoms with van der Waals surface area (Å²) in [5, 5.41) is 3.45. The van der Waals surface area contributed by atoms with Crippen molar-refractivity contribution in [1.29, 1.82) is 0 Å². The van der Waals surface area contributed by atoms with Crippen molar-refractivity contribution in [3.63, 3.8) is 0 Å². The summed E-state index contributed by atoms with van der Waals surface area (Å²) in [6, 6.07) is 11.1. The maximum Gasteiger partial charge on any atom is 0.238 e. The molecule has 0 unspecified atom stereocenters. The van der Waals surface area contributed by atoms with Crippen molar-refractivity contribution in [2.75, 3.05) is 39.7 Å². The second-order valence-electron chi connectivity index (χ2n) is 6.63. The van der Waals surface area contributed by atoms with Crippen LogP contribution in [0, 0.1) is 0 Å². The molecule has 150 valence electrons. The van der Waals surface area contributed by atoms with Gasteiger partial charge in [-0.25, -0.2) is 0 Å². The summed E-state index contributed by atoms with van der Waals surface area (Å²) in [5.41, 5.74) is 1.63. The molecule has 1 N–H and O–H groups in total. The molecule has 1 heterocycles. The minimum absolute atomic E-state index is 0.111. The lowest BCUT2D eigenvalue weighted by Gasteiger charge is -2.26. The predicted octanol–water partition coefficient (Wildman–Crippen LogP) is 4.14. The predicted molar refractivity (Wildman–Crippen MR) is 110 cm³/mol. The fraction of sp³-hybridized carbons (Fsp3) is 0.381. The molecule has 1 aliphatic heterocycles. The molecule has 1 fully saturated rings. The Morgan fingerprint density at radius 2 is 1.89 bits per heavy atom. The molecule has 0 bridgehead atoms. The van der Waals surface area contributed by atoms with E-state index in [4.69, 9.17) is 25.8 Å². The number of carbonyl (C=O) groups excluding carboxylic acids is 1. The van der Waals surface area contributed by atoms with Gasteiger partial charge in [0.15, 0.2) is 0 Å². The van der Waals surface area contributed by atoms with Crippen LogP contribution in [-0.4, -0.2) is 45.2 Å². The van der Waals surface area contributed by atoms with E-state index in [1.165, 1.54) is 0 Å². The van der Waals surface area contributed by atoms with Crippen LogP contribution in [0.4, 0.5) is 5.69 Å². The van der Waals surface area contributed by atoms with Crippen LogP contribution < -0.4 is 19.5 Å². The molecule has 1 saturated heterocycles. The van der Waals surface area contributed by atoms with Gasteiger partial charge in [0.05, 0.1) is 33.6 Å². The Bertz CT molecular complexity index is 843. The standard InChI is InChI=1S/C21H25ClN2O4/c1-26-15-7-8-16(20(12-15)28-3)18-5-4-10-24(18)13-21(25)23-17-11-14(22)6-9-19(17)27-2/h6-9,11-12,18H,4-5,10,13H2,1-3H3,(H,23,25)/t18-/m0/s1. The fourth-order valence-electron chi connectivity index (χ4n) is 3.61. The highest BCUT2D eigenvalue weighted by Crippen LogP contribution is 2.38. The van der Waals surface area contributed by atoms with E-state index in [1.54, 1.807) is 39.5 Å². The van der Waals surface area contributed by atoms with E-state index in [1.807, 2.05) is 18.2 Å². The number of hydrogen-bond acceptors (Lipinski definition) is 5. The van der Waals surface area contributed by atoms with Crippen LogP contribution in [0.15, 0.2) is 36.4 Å². The van der Waals surface area contributed by atoms with E-state index in [0.29, 0.717) is 16.5 Å². The highest BCUT2D eigenvalue weighted by molar-refractivity contribution is 6.31. The summed E-state index contributed by atoms with van der Waals surface area (Å²) in [4.78, 5) is 14.8. The number of benzene rings is 2. The molecule has 1 amide bonds. The third-order valence-corrected chi connectivity index (χ3v) is 5.18. The Morgan fingerprint density at radius 1 is 1.11 bits per heavy atom. The van der Waals surface area contributed by atoms with Crippen molar-refractivity contribution in [1.82, 2.24) is 4.90 Å². The Hall–Kier alpha value is -2.44. The minimum atomic E-state index is -0.111. The molecule has 1 atom stereocenters. The number of halogens is 1. The monoisotopic (exact) mass is 404 g/mol. The number of methoxy groups -OCH3 is 3. The van der Waals surface area contributed by atoms with Gasteiger partial charge >= 0.3 is 0 Å². The molecular formula is C21H25ClN2O4. The van der Waals surface area contributed by atoms with Gasteiger partial charge in [-0.1, -0.05) is 17.7 Å². The molecule has 0 spiro atoms. The number of amides is 1. The maximum absolute atomic E-state index is 12.7. The number of nitrogens with one attached hydrogen (secondary N) is 1. The Labute approximate surface area is 170 Å². The third-order valence-electron chi connectivity index (χ3n) is 4.95. The Balaban J connectivity index is 1.74. The molecule has 1 aliphatic rings. The van der Waals surface area contributed by atoms with Gasteiger partial charge in [-0.2, -0.15) is 0 Å². The topological polar surface area (TPSA) is 60.0 Å². The van der Waals surface area contributed by atoms with Crippen LogP contribution in [-0.2, 0) is 4.79 Å². The fourth-order valence-corrected chi connectivity index (χ4v) is 3.79. The number of ether oxygens (including phenoxy) is 3. The molecule has 0 aliphatic carbocycles. The van der Waals surface area contributed by atoms with Crippen molar-refractivity contribution in [3.8, 4) is 17.2 Å². The quantitative estimate of drug-likeness (QED) is 0.751. The first-order valence-corrected chi connectivity index (χ1v) is 9.53. The molecule has 0 aromatic heterocycles. The average molecular weight is 405 g/mol. The largest absolute Gasteiger partial charge is 0.497 e. The highest BCUT2D eigenvalue weighted by atomic mass is 35.5. The summed E-state index contributed by atoms with van der Waals surface area (Å²) in [7, 11) is 4.84. The summed E-state index contributed by atoms with van der Waals surface area (Å²) in [5.74, 6) is 1.98. The molecule has 7 heteroatoms. The van der Waals surface area contributed by atoms with Gasteiger partial charge in [0.2, 0.25) is 5.91 Å². The summed E-state index contributed by atoms with van der Waals surface area (Å²) in [6.07, 6.45) is 1.99. The second-order valence-corrected chi connectivity index (χ2v) is 7.07. The number of carbonyl (C=O) groups is 1. The van der Waals surface area contributed by atoms with Crippen LogP contribution in [0.5, 0.6) is 17.2 Å². The smallest absolute Gasteiger partial charge is 0.238 e. The van der Waals surface area contributed by atoms with Crippen LogP contribution in [0.3, 0.4) is 0 Å². The van der Waals surface area contributed by atoms with Crippen molar-refractivity contribution in [3.05, 3.63) is 47.0 Å². The van der Waals surface area contributed by atoms with E-state index in [2.05, 4.69) is 10.2 Å². The van der Waals surface area contributed by atoms with E-state index in [9.17, 15) is 4.79 Å². The minimum Gasteiger partial charge on any atom is -0.497 e. The van der Waals surface area contributed by atoms with E-state index < -0.39 is 0 Å². The van der Waals surface area contributed by atoms with Gasteiger partial charge in [0, 0.05) is 22.7 Å². The SMILES string of the molecule is COc1ccc([C@@H]2CCCN2CC(=O)Nc2cc(Cl)ccc2OC)c(OC)c1. The average Bonchev–Trinajstić information content (AvgIpc) is 3.15. The molecular weight excluding hydrogens is 380 g/mol. The van der Waals surface area contributed by atoms with Crippen LogP contribution in [0.1, 0.15) is 24.4 Å². The molecule has 2 aromatic carbocycles. The first-order chi connectivity index (χ1) is 13.5. The first-order valence-electron chi connectivity index (χ1n) is 9.15. The summed E-state index contributed by atoms with van der Waals surface area (Å²) < 4.78 is 16.1. The van der Waals surface area contributed by atoms with Gasteiger partial charge in [-0.05, 0) is 43.7 Å². The molecule has 0 saturated carbocycles. The number of rotatable bonds is 7. The van der Waals surface area contributed by atoms with Gasteiger partial charge < -0.3 is 19.5 Å². The van der Waals surface area contributed by atoms with Crippen LogP contribution in [0.2, 0.25) is 5.02 Å². The zero-order valence-corrected chi connectivity index (χ0v) is 17.1. The molecule has 6 nitrogen and oxygen atoms in total. The highest BCUT2D eigenvalue weighted by Gasteiger charge is 2.30. The number of hydrogen-bond donors (Lipinski definition) is 1. The molecule has 2 aromatic rings. The van der Waals surface area contributed by atoms with Crippen molar-refractivity contribution in [2.45, 2.75) is 18.9 Å². The van der Waals surface area contributed by atoms with Crippen LogP contribution >= 0.6 is 11.6 Å². The molecule has 28 heavy (non-hydrogen) atoms.